The summed E-state index contributed by atoms with van der Waals surface area (Å²) in [5.74, 6) is 0.186. The van der Waals surface area contributed by atoms with Crippen molar-refractivity contribution in [2.24, 2.45) is 10.7 Å². The van der Waals surface area contributed by atoms with E-state index in [9.17, 15) is 9.18 Å². The van der Waals surface area contributed by atoms with Gasteiger partial charge in [0, 0.05) is 11.8 Å². The van der Waals surface area contributed by atoms with E-state index >= 15 is 0 Å². The van der Waals surface area contributed by atoms with Crippen LogP contribution in [0.3, 0.4) is 0 Å². The number of ether oxygens (including phenoxy) is 2. The summed E-state index contributed by atoms with van der Waals surface area (Å²) in [6, 6.07) is 5.19. The molecule has 0 bridgehead atoms. The molecule has 7 heteroatoms. The fourth-order valence-corrected chi connectivity index (χ4v) is 2.59. The summed E-state index contributed by atoms with van der Waals surface area (Å²) < 4.78 is 24.2. The lowest BCUT2D eigenvalue weighted by Crippen LogP contribution is -2.33. The van der Waals surface area contributed by atoms with E-state index in [1.54, 1.807) is 25.4 Å². The quantitative estimate of drug-likeness (QED) is 0.527. The average molecular weight is 389 g/mol. The van der Waals surface area contributed by atoms with Gasteiger partial charge in [-0.3, -0.25) is 4.99 Å². The Morgan fingerprint density at radius 2 is 2.18 bits per heavy atom. The molecule has 1 aliphatic heterocycles. The average Bonchev–Trinajstić information content (AvgIpc) is 2.61. The highest BCUT2D eigenvalue weighted by molar-refractivity contribution is 5.97. The van der Waals surface area contributed by atoms with Gasteiger partial charge in [0.25, 0.3) is 0 Å². The normalized spacial score (nSPS) is 17.0. The number of esters is 1. The van der Waals surface area contributed by atoms with Crippen molar-refractivity contribution >= 4 is 12.2 Å². The standard InChI is InChI=1S/C21H28FN3O3/c1-5-27-20(26)19-16(17(23)8-9-25-19)12-24-11-15-6-7-18(14(2)10-15)28-13-21(3,4)22/h6-10,12,17,25H,5,11,13,23H2,1-4H3. The number of aryl methyl sites for hydroxylation is 1. The molecule has 3 N–H and O–H groups in total. The van der Waals surface area contributed by atoms with E-state index in [0.29, 0.717) is 23.6 Å². The Balaban J connectivity index is 2.08. The maximum absolute atomic E-state index is 13.6. The second-order valence-corrected chi connectivity index (χ2v) is 7.16. The number of rotatable bonds is 8. The van der Waals surface area contributed by atoms with Crippen LogP contribution < -0.4 is 15.8 Å². The molecule has 0 spiro atoms. The molecule has 6 nitrogen and oxygen atoms in total. The Hall–Kier alpha value is -2.67. The van der Waals surface area contributed by atoms with Crippen LogP contribution >= 0.6 is 0 Å². The van der Waals surface area contributed by atoms with Gasteiger partial charge in [-0.15, -0.1) is 0 Å². The highest BCUT2D eigenvalue weighted by Gasteiger charge is 2.21. The number of halogens is 1. The second-order valence-electron chi connectivity index (χ2n) is 7.16. The van der Waals surface area contributed by atoms with E-state index < -0.39 is 17.7 Å². The minimum atomic E-state index is -1.39. The molecule has 1 aromatic rings. The lowest BCUT2D eigenvalue weighted by molar-refractivity contribution is -0.138. The van der Waals surface area contributed by atoms with Crippen LogP contribution in [0.4, 0.5) is 4.39 Å². The zero-order valence-corrected chi connectivity index (χ0v) is 16.8. The lowest BCUT2D eigenvalue weighted by Gasteiger charge is -2.19. The van der Waals surface area contributed by atoms with Crippen LogP contribution in [0, 0.1) is 6.92 Å². The summed E-state index contributed by atoms with van der Waals surface area (Å²) in [5.41, 5.74) is 7.42. The maximum Gasteiger partial charge on any atom is 0.355 e. The number of alkyl halides is 1. The fourth-order valence-electron chi connectivity index (χ4n) is 2.59. The first kappa shape index (κ1) is 21.6. The zero-order valence-electron chi connectivity index (χ0n) is 16.8. The third-order valence-corrected chi connectivity index (χ3v) is 3.97. The van der Waals surface area contributed by atoms with Gasteiger partial charge in [-0.1, -0.05) is 12.1 Å². The molecule has 0 aliphatic carbocycles. The van der Waals surface area contributed by atoms with Gasteiger partial charge in [0.15, 0.2) is 0 Å². The lowest BCUT2D eigenvalue weighted by atomic mass is 10.0. The first-order valence-corrected chi connectivity index (χ1v) is 9.22. The highest BCUT2D eigenvalue weighted by Crippen LogP contribution is 2.22. The second kappa shape index (κ2) is 9.50. The highest BCUT2D eigenvalue weighted by atomic mass is 19.1. The van der Waals surface area contributed by atoms with Gasteiger partial charge < -0.3 is 20.5 Å². The maximum atomic E-state index is 13.6. The number of carbonyl (C=O) groups excluding carboxylic acids is 1. The van der Waals surface area contributed by atoms with E-state index in [0.717, 1.165) is 11.1 Å². The van der Waals surface area contributed by atoms with Gasteiger partial charge in [0.2, 0.25) is 0 Å². The van der Waals surface area contributed by atoms with Gasteiger partial charge in [-0.05, 0) is 57.2 Å². The number of nitrogens with one attached hydrogen (secondary N) is 1. The van der Waals surface area contributed by atoms with Crippen molar-refractivity contribution in [2.75, 3.05) is 13.2 Å². The smallest absolute Gasteiger partial charge is 0.355 e. The summed E-state index contributed by atoms with van der Waals surface area (Å²) >= 11 is 0. The molecular weight excluding hydrogens is 361 g/mol. The van der Waals surface area contributed by atoms with Gasteiger partial charge in [0.1, 0.15) is 23.7 Å². The van der Waals surface area contributed by atoms with Gasteiger partial charge in [-0.2, -0.15) is 0 Å². The summed E-state index contributed by atoms with van der Waals surface area (Å²) in [6.07, 6.45) is 4.96. The van der Waals surface area contributed by atoms with Crippen LogP contribution in [0.5, 0.6) is 5.75 Å². The Labute approximate surface area is 165 Å². The Kier molecular flexibility index (Phi) is 7.34. The molecule has 1 unspecified atom stereocenters. The third-order valence-electron chi connectivity index (χ3n) is 3.97. The molecule has 0 saturated heterocycles. The summed E-state index contributed by atoms with van der Waals surface area (Å²) in [5, 5.41) is 2.88. The molecule has 0 saturated carbocycles. The van der Waals surface area contributed by atoms with Crippen LogP contribution in [0.25, 0.3) is 0 Å². The monoisotopic (exact) mass is 389 g/mol. The van der Waals surface area contributed by atoms with E-state index in [-0.39, 0.29) is 13.2 Å². The van der Waals surface area contributed by atoms with Crippen LogP contribution in [-0.4, -0.2) is 37.1 Å². The first-order valence-electron chi connectivity index (χ1n) is 9.22. The van der Waals surface area contributed by atoms with Gasteiger partial charge in [0.05, 0.1) is 19.2 Å². The van der Waals surface area contributed by atoms with Crippen molar-refractivity contribution in [1.82, 2.24) is 5.32 Å². The summed E-state index contributed by atoms with van der Waals surface area (Å²) in [6.45, 7) is 7.28. The number of hydrogen-bond acceptors (Lipinski definition) is 6. The van der Waals surface area contributed by atoms with Crippen molar-refractivity contribution < 1.29 is 18.7 Å². The minimum Gasteiger partial charge on any atom is -0.490 e. The topological polar surface area (TPSA) is 85.9 Å². The Bertz CT molecular complexity index is 795. The third kappa shape index (κ3) is 6.20. The number of hydrogen-bond donors (Lipinski definition) is 2. The number of carbonyl (C=O) groups is 1. The zero-order chi connectivity index (χ0) is 20.7. The summed E-state index contributed by atoms with van der Waals surface area (Å²) in [7, 11) is 0. The predicted octanol–water partition coefficient (Wildman–Crippen LogP) is 2.95. The molecule has 1 aromatic carbocycles. The molecule has 28 heavy (non-hydrogen) atoms. The van der Waals surface area contributed by atoms with E-state index in [2.05, 4.69) is 10.3 Å². The molecule has 1 heterocycles. The van der Waals surface area contributed by atoms with Gasteiger partial charge >= 0.3 is 5.97 Å². The largest absolute Gasteiger partial charge is 0.490 e. The summed E-state index contributed by atoms with van der Waals surface area (Å²) in [4.78, 5) is 16.5. The van der Waals surface area contributed by atoms with Crippen LogP contribution in [-0.2, 0) is 16.1 Å². The SMILES string of the molecule is CCOC(=O)C1=C(C=NCc2ccc(OCC(C)(C)F)c(C)c2)C(N)C=CN1. The van der Waals surface area contributed by atoms with Crippen molar-refractivity contribution in [3.8, 4) is 5.75 Å². The molecule has 1 aliphatic rings. The van der Waals surface area contributed by atoms with Crippen molar-refractivity contribution in [1.29, 1.82) is 0 Å². The molecule has 2 rings (SSSR count). The first-order chi connectivity index (χ1) is 13.2. The van der Waals surface area contributed by atoms with Crippen LogP contribution in [0.1, 0.15) is 31.9 Å². The predicted molar refractivity (Wildman–Crippen MR) is 108 cm³/mol. The van der Waals surface area contributed by atoms with Crippen molar-refractivity contribution in [3.05, 3.63) is 52.9 Å². The van der Waals surface area contributed by atoms with Gasteiger partial charge in [-0.25, -0.2) is 9.18 Å². The minimum absolute atomic E-state index is 0.00542. The number of nitrogens with two attached hydrogens (primary N) is 1. The Morgan fingerprint density at radius 1 is 1.43 bits per heavy atom. The van der Waals surface area contributed by atoms with Crippen molar-refractivity contribution in [3.63, 3.8) is 0 Å². The van der Waals surface area contributed by atoms with E-state index in [4.69, 9.17) is 15.2 Å². The van der Waals surface area contributed by atoms with E-state index in [1.807, 2.05) is 25.1 Å². The fraction of sp³-hybridized carbons (Fsp3) is 0.429. The molecular formula is C21H28FN3O3. The van der Waals surface area contributed by atoms with Crippen LogP contribution in [0.2, 0.25) is 0 Å². The number of benzene rings is 1. The molecule has 152 valence electrons. The number of aliphatic imine (C=N–C) groups is 1. The molecule has 0 fully saturated rings. The molecule has 0 aromatic heterocycles. The van der Waals surface area contributed by atoms with E-state index in [1.165, 1.54) is 13.8 Å². The molecule has 0 radical (unpaired) electrons. The van der Waals surface area contributed by atoms with Crippen LogP contribution in [0.15, 0.2) is 46.7 Å². The Morgan fingerprint density at radius 3 is 2.82 bits per heavy atom. The van der Waals surface area contributed by atoms with Crippen molar-refractivity contribution in [2.45, 2.75) is 46.0 Å². The number of nitrogens with zero attached hydrogens (tertiary/aromatic N) is 1. The number of dihydropyridines is 1. The molecule has 1 atom stereocenters. The molecule has 0 amide bonds.